The summed E-state index contributed by atoms with van der Waals surface area (Å²) in [5, 5.41) is 0. The third-order valence-corrected chi connectivity index (χ3v) is 2.60. The molecule has 2 rings (SSSR count). The van der Waals surface area contributed by atoms with Gasteiger partial charge in [-0.25, -0.2) is 4.98 Å². The number of aromatic nitrogens is 1. The third-order valence-electron chi connectivity index (χ3n) is 2.60. The quantitative estimate of drug-likeness (QED) is 0.538. The van der Waals surface area contributed by atoms with Gasteiger partial charge in [0.1, 0.15) is 0 Å². The zero-order valence-corrected chi connectivity index (χ0v) is 10.1. The number of pyridine rings is 1. The van der Waals surface area contributed by atoms with E-state index in [9.17, 15) is 30.7 Å². The highest BCUT2D eigenvalue weighted by molar-refractivity contribution is 5.61. The Morgan fingerprint density at radius 1 is 0.762 bits per heavy atom. The van der Waals surface area contributed by atoms with E-state index in [1.165, 1.54) is 0 Å². The smallest absolute Gasteiger partial charge is 0.220 e. The van der Waals surface area contributed by atoms with Gasteiger partial charge in [0.15, 0.2) is 0 Å². The van der Waals surface area contributed by atoms with E-state index >= 15 is 0 Å². The first-order valence-corrected chi connectivity index (χ1v) is 5.50. The molecule has 0 atom stereocenters. The Labute approximate surface area is 114 Å². The summed E-state index contributed by atoms with van der Waals surface area (Å²) in [7, 11) is 0. The number of halogens is 7. The van der Waals surface area contributed by atoms with Crippen LogP contribution < -0.4 is 0 Å². The van der Waals surface area contributed by atoms with Crippen LogP contribution in [0.4, 0.5) is 30.7 Å². The Kier molecular flexibility index (Phi) is 3.65. The van der Waals surface area contributed by atoms with Gasteiger partial charge >= 0.3 is 12.4 Å². The van der Waals surface area contributed by atoms with E-state index in [2.05, 4.69) is 4.98 Å². The van der Waals surface area contributed by atoms with Crippen molar-refractivity contribution in [1.82, 2.24) is 4.98 Å². The molecule has 1 nitrogen and oxygen atoms in total. The largest absolute Gasteiger partial charge is 0.416 e. The molecule has 0 radical (unpaired) electrons. The minimum atomic E-state index is -4.96. The summed E-state index contributed by atoms with van der Waals surface area (Å²) >= 11 is 0. The molecular weight excluding hydrogens is 303 g/mol. The van der Waals surface area contributed by atoms with Crippen molar-refractivity contribution < 1.29 is 30.7 Å². The second-order valence-electron chi connectivity index (χ2n) is 4.14. The highest BCUT2D eigenvalue weighted by atomic mass is 19.4. The van der Waals surface area contributed by atoms with Crippen LogP contribution in [0.2, 0.25) is 0 Å². The number of hydrogen-bond donors (Lipinski definition) is 0. The van der Waals surface area contributed by atoms with Crippen molar-refractivity contribution in [2.24, 2.45) is 0 Å². The van der Waals surface area contributed by atoms with Gasteiger partial charge < -0.3 is 0 Å². The highest BCUT2D eigenvalue weighted by Gasteiger charge is 2.37. The van der Waals surface area contributed by atoms with E-state index in [0.717, 1.165) is 18.2 Å². The van der Waals surface area contributed by atoms with Gasteiger partial charge in [0.2, 0.25) is 5.95 Å². The van der Waals surface area contributed by atoms with Crippen molar-refractivity contribution in [3.8, 4) is 11.3 Å². The summed E-state index contributed by atoms with van der Waals surface area (Å²) in [6, 6.07) is 4.20. The zero-order chi connectivity index (χ0) is 15.8. The standard InChI is InChI=1S/C13H6F7N/c14-11-3-1-2-10(21-11)7-4-8(12(15,16)17)6-9(5-7)13(18,19)20/h1-6H. The van der Waals surface area contributed by atoms with E-state index < -0.39 is 35.0 Å². The van der Waals surface area contributed by atoms with Crippen molar-refractivity contribution in [3.05, 3.63) is 53.5 Å². The van der Waals surface area contributed by atoms with Gasteiger partial charge in [-0.2, -0.15) is 30.7 Å². The lowest BCUT2D eigenvalue weighted by Gasteiger charge is -2.14. The Hall–Kier alpha value is -2.12. The molecule has 112 valence electrons. The molecule has 0 aliphatic heterocycles. The highest BCUT2D eigenvalue weighted by Crippen LogP contribution is 2.38. The maximum atomic E-state index is 13.0. The first-order chi connectivity index (χ1) is 9.57. The van der Waals surface area contributed by atoms with Crippen LogP contribution in [0, 0.1) is 5.95 Å². The van der Waals surface area contributed by atoms with Gasteiger partial charge in [0, 0.05) is 5.56 Å². The average Bonchev–Trinajstić information content (AvgIpc) is 2.36. The van der Waals surface area contributed by atoms with Gasteiger partial charge in [0.25, 0.3) is 0 Å². The van der Waals surface area contributed by atoms with Crippen LogP contribution in [0.15, 0.2) is 36.4 Å². The number of rotatable bonds is 1. The van der Waals surface area contributed by atoms with Crippen LogP contribution in [-0.4, -0.2) is 4.98 Å². The third kappa shape index (κ3) is 3.50. The normalized spacial score (nSPS) is 12.5. The van der Waals surface area contributed by atoms with Crippen LogP contribution in [0.1, 0.15) is 11.1 Å². The molecule has 0 unspecified atom stereocenters. The maximum absolute atomic E-state index is 13.0. The van der Waals surface area contributed by atoms with E-state index in [0.29, 0.717) is 12.1 Å². The van der Waals surface area contributed by atoms with Crippen molar-refractivity contribution in [1.29, 1.82) is 0 Å². The Bertz CT molecular complexity index is 626. The average molecular weight is 309 g/mol. The van der Waals surface area contributed by atoms with Gasteiger partial charge in [0.05, 0.1) is 16.8 Å². The Morgan fingerprint density at radius 3 is 1.71 bits per heavy atom. The van der Waals surface area contributed by atoms with Crippen LogP contribution >= 0.6 is 0 Å². The molecule has 21 heavy (non-hydrogen) atoms. The molecule has 0 amide bonds. The molecule has 0 fully saturated rings. The summed E-state index contributed by atoms with van der Waals surface area (Å²) in [6.07, 6.45) is -9.91. The van der Waals surface area contributed by atoms with Gasteiger partial charge in [-0.1, -0.05) is 6.07 Å². The zero-order valence-electron chi connectivity index (χ0n) is 10.1. The van der Waals surface area contributed by atoms with E-state index in [4.69, 9.17) is 0 Å². The van der Waals surface area contributed by atoms with Crippen molar-refractivity contribution >= 4 is 0 Å². The lowest BCUT2D eigenvalue weighted by molar-refractivity contribution is -0.143. The van der Waals surface area contributed by atoms with Crippen LogP contribution in [-0.2, 0) is 12.4 Å². The summed E-state index contributed by atoms with van der Waals surface area (Å²) in [5.41, 5.74) is -3.72. The lowest BCUT2D eigenvalue weighted by atomic mass is 10.0. The fourth-order valence-electron chi connectivity index (χ4n) is 1.67. The van der Waals surface area contributed by atoms with E-state index in [1.54, 1.807) is 0 Å². The second kappa shape index (κ2) is 5.01. The summed E-state index contributed by atoms with van der Waals surface area (Å²) in [4.78, 5) is 3.29. The van der Waals surface area contributed by atoms with Crippen LogP contribution in [0.25, 0.3) is 11.3 Å². The molecule has 0 aliphatic carbocycles. The number of hydrogen-bond acceptors (Lipinski definition) is 1. The molecule has 1 heterocycles. The first-order valence-electron chi connectivity index (χ1n) is 5.50. The summed E-state index contributed by atoms with van der Waals surface area (Å²) in [5.74, 6) is -1.00. The van der Waals surface area contributed by atoms with Crippen LogP contribution in [0.3, 0.4) is 0 Å². The predicted molar refractivity (Wildman–Crippen MR) is 59.6 cm³/mol. The summed E-state index contributed by atoms with van der Waals surface area (Å²) < 4.78 is 89.0. The Morgan fingerprint density at radius 2 is 1.29 bits per heavy atom. The van der Waals surface area contributed by atoms with Crippen molar-refractivity contribution in [2.45, 2.75) is 12.4 Å². The molecule has 0 saturated heterocycles. The molecule has 0 saturated carbocycles. The molecule has 0 N–H and O–H groups in total. The first kappa shape index (κ1) is 15.3. The van der Waals surface area contributed by atoms with Gasteiger partial charge in [-0.15, -0.1) is 0 Å². The van der Waals surface area contributed by atoms with Crippen molar-refractivity contribution in [2.75, 3.05) is 0 Å². The predicted octanol–water partition coefficient (Wildman–Crippen LogP) is 4.93. The molecule has 0 aliphatic rings. The SMILES string of the molecule is Fc1cccc(-c2cc(C(F)(F)F)cc(C(F)(F)F)c2)n1. The van der Waals surface area contributed by atoms with E-state index in [1.807, 2.05) is 0 Å². The van der Waals surface area contributed by atoms with E-state index in [-0.39, 0.29) is 11.8 Å². The van der Waals surface area contributed by atoms with Crippen molar-refractivity contribution in [3.63, 3.8) is 0 Å². The fourth-order valence-corrected chi connectivity index (χ4v) is 1.67. The molecule has 8 heteroatoms. The number of nitrogens with zero attached hydrogens (tertiary/aromatic N) is 1. The molecule has 0 bridgehead atoms. The lowest BCUT2D eigenvalue weighted by Crippen LogP contribution is -2.11. The monoisotopic (exact) mass is 309 g/mol. The topological polar surface area (TPSA) is 12.9 Å². The fraction of sp³-hybridized carbons (Fsp3) is 0.154. The van der Waals surface area contributed by atoms with Crippen LogP contribution in [0.5, 0.6) is 0 Å². The second-order valence-corrected chi connectivity index (χ2v) is 4.14. The molecular formula is C13H6F7N. The molecule has 0 spiro atoms. The number of alkyl halides is 6. The molecule has 1 aromatic heterocycles. The molecule has 1 aromatic carbocycles. The minimum Gasteiger partial charge on any atom is -0.220 e. The van der Waals surface area contributed by atoms with Gasteiger partial charge in [-0.05, 0) is 30.3 Å². The maximum Gasteiger partial charge on any atom is 0.416 e. The Balaban J connectivity index is 2.66. The molecule has 2 aromatic rings. The van der Waals surface area contributed by atoms with Gasteiger partial charge in [-0.3, -0.25) is 0 Å². The number of benzene rings is 1. The minimum absolute atomic E-state index is 0.00277. The summed E-state index contributed by atoms with van der Waals surface area (Å²) in [6.45, 7) is 0.